The summed E-state index contributed by atoms with van der Waals surface area (Å²) in [4.78, 5) is 4.82. The van der Waals surface area contributed by atoms with Crippen molar-refractivity contribution in [3.8, 4) is 11.4 Å². The maximum Gasteiger partial charge on any atom is 0.573 e. The quantitative estimate of drug-likeness (QED) is 0.231. The normalized spacial score (nSPS) is 20.4. The number of nitrogens with two attached hydrogens (primary N) is 1. The topological polar surface area (TPSA) is 46.7 Å². The van der Waals surface area contributed by atoms with Crippen LogP contribution in [-0.4, -0.2) is 53.0 Å². The van der Waals surface area contributed by atoms with Crippen LogP contribution in [0.3, 0.4) is 0 Å². The van der Waals surface area contributed by atoms with Crippen LogP contribution in [0.2, 0.25) is 10.0 Å². The number of rotatable bonds is 7. The zero-order chi connectivity index (χ0) is 29.4. The molecule has 1 saturated heterocycles. The second-order valence-corrected chi connectivity index (χ2v) is 12.2. The van der Waals surface area contributed by atoms with Crippen molar-refractivity contribution in [1.29, 1.82) is 0 Å². The molecule has 2 unspecified atom stereocenters. The molecular weight excluding hydrogens is 584 g/mol. The van der Waals surface area contributed by atoms with E-state index in [-0.39, 0.29) is 11.8 Å². The third-order valence-electron chi connectivity index (χ3n) is 8.48. The Bertz CT molecular complexity index is 1530. The van der Waals surface area contributed by atoms with Gasteiger partial charge in [0.1, 0.15) is 5.75 Å². The minimum Gasteiger partial charge on any atom is -0.406 e. The number of alkyl halides is 3. The van der Waals surface area contributed by atoms with E-state index in [1.807, 2.05) is 18.2 Å². The van der Waals surface area contributed by atoms with E-state index in [0.717, 1.165) is 80.7 Å². The number of hydrogen-bond donors (Lipinski definition) is 1. The number of hydrogen-bond acceptors (Lipinski definition) is 4. The van der Waals surface area contributed by atoms with Gasteiger partial charge in [-0.15, -0.1) is 13.2 Å². The number of aromatic nitrogens is 1. The van der Waals surface area contributed by atoms with Crippen molar-refractivity contribution in [2.75, 3.05) is 26.2 Å². The van der Waals surface area contributed by atoms with Crippen LogP contribution in [0.15, 0.2) is 66.9 Å². The molecule has 0 radical (unpaired) electrons. The van der Waals surface area contributed by atoms with Gasteiger partial charge >= 0.3 is 6.36 Å². The summed E-state index contributed by atoms with van der Waals surface area (Å²) in [5.41, 5.74) is 11.5. The molecule has 2 fully saturated rings. The second-order valence-electron chi connectivity index (χ2n) is 11.4. The molecule has 2 heterocycles. The average molecular weight is 618 g/mol. The van der Waals surface area contributed by atoms with E-state index >= 15 is 0 Å². The van der Waals surface area contributed by atoms with Gasteiger partial charge in [-0.1, -0.05) is 41.4 Å². The molecule has 3 aromatic carbocycles. The van der Waals surface area contributed by atoms with Gasteiger partial charge in [0.25, 0.3) is 0 Å². The largest absolute Gasteiger partial charge is 0.573 e. The predicted octanol–water partition coefficient (Wildman–Crippen LogP) is 7.75. The van der Waals surface area contributed by atoms with Crippen LogP contribution in [0.4, 0.5) is 13.2 Å². The Balaban J connectivity index is 1.21. The van der Waals surface area contributed by atoms with Gasteiger partial charge in [-0.25, -0.2) is 0 Å². The highest BCUT2D eigenvalue weighted by Crippen LogP contribution is 2.40. The molecule has 2 N–H and O–H groups in total. The number of fused-ring (bicyclic) bond motifs is 1. The molecule has 2 atom stereocenters. The Kier molecular flexibility index (Phi) is 8.44. The summed E-state index contributed by atoms with van der Waals surface area (Å²) in [6.45, 7) is 5.22. The summed E-state index contributed by atoms with van der Waals surface area (Å²) in [5, 5.41) is 2.56. The van der Waals surface area contributed by atoms with Crippen molar-refractivity contribution < 1.29 is 17.9 Å². The number of ether oxygens (including phenoxy) is 1. The highest BCUT2D eigenvalue weighted by atomic mass is 35.5. The molecule has 10 heteroatoms. The summed E-state index contributed by atoms with van der Waals surface area (Å²) in [6, 6.07) is 18.5. The number of halogens is 5. The zero-order valence-electron chi connectivity index (χ0n) is 23.1. The second kappa shape index (κ2) is 12.1. The van der Waals surface area contributed by atoms with Gasteiger partial charge in [0, 0.05) is 78.2 Å². The molecule has 0 amide bonds. The van der Waals surface area contributed by atoms with Crippen molar-refractivity contribution in [3.63, 3.8) is 0 Å². The molecular formula is C32H33Cl2F3N4O. The first-order chi connectivity index (χ1) is 20.1. The van der Waals surface area contributed by atoms with E-state index in [0.29, 0.717) is 16.0 Å². The molecule has 222 valence electrons. The van der Waals surface area contributed by atoms with E-state index in [4.69, 9.17) is 28.9 Å². The fraction of sp³-hybridized carbons (Fsp3) is 0.375. The molecule has 42 heavy (non-hydrogen) atoms. The molecule has 1 aromatic heterocycles. The number of nitrogens with zero attached hydrogens (tertiary/aromatic N) is 3. The first-order valence-corrected chi connectivity index (χ1v) is 15.0. The number of benzene rings is 3. The van der Waals surface area contributed by atoms with Gasteiger partial charge in [0.2, 0.25) is 0 Å². The van der Waals surface area contributed by atoms with Crippen LogP contribution < -0.4 is 10.5 Å². The first kappa shape index (κ1) is 29.3. The molecule has 1 saturated carbocycles. The third-order valence-corrected chi connectivity index (χ3v) is 9.19. The molecule has 5 nitrogen and oxygen atoms in total. The van der Waals surface area contributed by atoms with E-state index in [9.17, 15) is 13.2 Å². The lowest BCUT2D eigenvalue weighted by molar-refractivity contribution is -0.274. The molecule has 4 aromatic rings. The maximum atomic E-state index is 12.7. The Morgan fingerprint density at radius 2 is 1.52 bits per heavy atom. The van der Waals surface area contributed by atoms with Crippen LogP contribution in [0.1, 0.15) is 41.9 Å². The SMILES string of the molecule is NC1CCC(c2cn(-c3ccc(OC(F)(F)F)cc3)c3cc(CN4CCN(Cc5c(Cl)cccc5Cl)CC4)ccc23)C1. The van der Waals surface area contributed by atoms with Gasteiger partial charge < -0.3 is 15.0 Å². The molecule has 2 aliphatic rings. The summed E-state index contributed by atoms with van der Waals surface area (Å²) >= 11 is 12.8. The number of piperazine rings is 1. The third kappa shape index (κ3) is 6.58. The van der Waals surface area contributed by atoms with Crippen molar-refractivity contribution in [2.24, 2.45) is 5.73 Å². The Morgan fingerprint density at radius 3 is 2.14 bits per heavy atom. The molecule has 6 rings (SSSR count). The fourth-order valence-corrected chi connectivity index (χ4v) is 6.83. The minimum atomic E-state index is -4.72. The van der Waals surface area contributed by atoms with Crippen molar-refractivity contribution in [1.82, 2.24) is 14.4 Å². The van der Waals surface area contributed by atoms with Crippen LogP contribution in [0.5, 0.6) is 5.75 Å². The van der Waals surface area contributed by atoms with Gasteiger partial charge in [-0.05, 0) is 78.8 Å². The molecule has 0 bridgehead atoms. The molecule has 1 aliphatic carbocycles. The van der Waals surface area contributed by atoms with Crippen LogP contribution >= 0.6 is 23.2 Å². The van der Waals surface area contributed by atoms with Crippen LogP contribution in [-0.2, 0) is 13.1 Å². The van der Waals surface area contributed by atoms with E-state index < -0.39 is 6.36 Å². The summed E-state index contributed by atoms with van der Waals surface area (Å²) in [5.74, 6) is 0.128. The van der Waals surface area contributed by atoms with Crippen LogP contribution in [0.25, 0.3) is 16.6 Å². The van der Waals surface area contributed by atoms with E-state index in [1.54, 1.807) is 12.1 Å². The monoisotopic (exact) mass is 616 g/mol. The predicted molar refractivity (Wildman–Crippen MR) is 162 cm³/mol. The zero-order valence-corrected chi connectivity index (χ0v) is 24.6. The summed E-state index contributed by atoms with van der Waals surface area (Å²) in [7, 11) is 0. The Labute approximate surface area is 253 Å². The minimum absolute atomic E-state index is 0.194. The fourth-order valence-electron chi connectivity index (χ4n) is 6.31. The van der Waals surface area contributed by atoms with E-state index in [1.165, 1.54) is 23.3 Å². The van der Waals surface area contributed by atoms with Gasteiger partial charge in [0.05, 0.1) is 5.52 Å². The standard InChI is InChI=1S/C32H33Cl2F3N4O/c33-29-2-1-3-30(34)28(29)19-40-14-12-39(13-15-40)18-21-4-11-26-27(22-5-6-23(38)17-22)20-41(31(26)16-21)24-7-9-25(10-8-24)42-32(35,36)37/h1-4,7-11,16,20,22-23H,5-6,12-15,17-19,38H2. The lowest BCUT2D eigenvalue weighted by Crippen LogP contribution is -2.45. The first-order valence-electron chi connectivity index (χ1n) is 14.3. The lowest BCUT2D eigenvalue weighted by Gasteiger charge is -2.35. The average Bonchev–Trinajstić information content (AvgIpc) is 3.55. The van der Waals surface area contributed by atoms with Crippen LogP contribution in [0, 0.1) is 0 Å². The summed E-state index contributed by atoms with van der Waals surface area (Å²) < 4.78 is 44.3. The molecule has 0 spiro atoms. The summed E-state index contributed by atoms with van der Waals surface area (Å²) in [6.07, 6.45) is 0.369. The Morgan fingerprint density at radius 1 is 0.857 bits per heavy atom. The van der Waals surface area contributed by atoms with Crippen molar-refractivity contribution in [3.05, 3.63) is 93.6 Å². The van der Waals surface area contributed by atoms with Crippen molar-refractivity contribution in [2.45, 2.75) is 50.7 Å². The smallest absolute Gasteiger partial charge is 0.406 e. The van der Waals surface area contributed by atoms with E-state index in [2.05, 4.69) is 43.5 Å². The lowest BCUT2D eigenvalue weighted by atomic mass is 9.96. The highest BCUT2D eigenvalue weighted by Gasteiger charge is 2.31. The highest BCUT2D eigenvalue weighted by molar-refractivity contribution is 6.35. The Hall–Kier alpha value is -2.75. The van der Waals surface area contributed by atoms with Gasteiger partial charge in [0.15, 0.2) is 0 Å². The van der Waals surface area contributed by atoms with Gasteiger partial charge in [-0.2, -0.15) is 0 Å². The molecule has 1 aliphatic heterocycles. The van der Waals surface area contributed by atoms with Gasteiger partial charge in [-0.3, -0.25) is 9.80 Å². The maximum absolute atomic E-state index is 12.7. The van der Waals surface area contributed by atoms with Crippen molar-refractivity contribution >= 4 is 34.1 Å².